The van der Waals surface area contributed by atoms with Crippen molar-refractivity contribution < 1.29 is 29.5 Å². The molecule has 0 amide bonds. The predicted molar refractivity (Wildman–Crippen MR) is 39.2 cm³/mol. The summed E-state index contributed by atoms with van der Waals surface area (Å²) in [7, 11) is 0. The minimum atomic E-state index is -5.25. The van der Waals surface area contributed by atoms with E-state index < -0.39 is 13.6 Å². The van der Waals surface area contributed by atoms with Crippen molar-refractivity contribution in [2.24, 2.45) is 0 Å². The molecule has 0 bridgehead atoms. The van der Waals surface area contributed by atoms with Crippen LogP contribution in [0.25, 0.3) is 0 Å². The molecule has 0 radical (unpaired) electrons. The molecule has 0 heterocycles. The van der Waals surface area contributed by atoms with Crippen molar-refractivity contribution in [2.75, 3.05) is 0 Å². The summed E-state index contributed by atoms with van der Waals surface area (Å²) in [4.78, 5) is 0. The van der Waals surface area contributed by atoms with Crippen LogP contribution in [0, 0.1) is 0 Å². The zero-order valence-corrected chi connectivity index (χ0v) is 9.05. The Hall–Kier alpha value is 0.0125. The normalized spacial score (nSPS) is 11.3. The Bertz CT molecular complexity index is 172. The first-order valence-corrected chi connectivity index (χ1v) is 5.77. The van der Waals surface area contributed by atoms with Crippen molar-refractivity contribution in [3.8, 4) is 0 Å². The Labute approximate surface area is 75.2 Å². The van der Waals surface area contributed by atoms with Crippen LogP contribution >= 0.6 is 0 Å². The second-order valence-corrected chi connectivity index (χ2v) is 4.32. The zero-order valence-electron chi connectivity index (χ0n) is 7.77. The first kappa shape index (κ1) is 14.5. The molecular weight excluding hydrogens is 202 g/mol. The van der Waals surface area contributed by atoms with E-state index in [0.29, 0.717) is 12.1 Å². The van der Waals surface area contributed by atoms with E-state index in [-0.39, 0.29) is 0 Å². The van der Waals surface area contributed by atoms with Crippen LogP contribution in [0.4, 0.5) is 0 Å². The van der Waals surface area contributed by atoms with Crippen LogP contribution in [-0.2, 0) is 21.2 Å². The second-order valence-electron chi connectivity index (χ2n) is 2.92. The number of rotatable bonds is 2. The average Bonchev–Trinajstić information content (AvgIpc) is 1.52. The molecule has 0 rings (SSSR count). The number of nitrogens with one attached hydrogen (secondary N) is 1. The third kappa shape index (κ3) is 50.5. The van der Waals surface area contributed by atoms with Gasteiger partial charge in [-0.1, -0.05) is 27.7 Å². The minimum absolute atomic E-state index is 0.625. The van der Waals surface area contributed by atoms with Gasteiger partial charge in [0.15, 0.2) is 0 Å². The van der Waals surface area contributed by atoms with Gasteiger partial charge in [0.2, 0.25) is 0 Å². The van der Waals surface area contributed by atoms with E-state index in [2.05, 4.69) is 33.0 Å². The molecule has 0 aliphatic heterocycles. The van der Waals surface area contributed by atoms with E-state index in [0.717, 1.165) is 0 Å². The van der Waals surface area contributed by atoms with Crippen LogP contribution in [0.5, 0.6) is 0 Å². The van der Waals surface area contributed by atoms with Crippen LogP contribution in [0.1, 0.15) is 27.7 Å². The zero-order chi connectivity index (χ0) is 10.4. The summed E-state index contributed by atoms with van der Waals surface area (Å²) in [6, 6.07) is 1.25. The Morgan fingerprint density at radius 3 is 1.17 bits per heavy atom. The van der Waals surface area contributed by atoms with Gasteiger partial charge in [-0.2, -0.15) is 0 Å². The summed E-state index contributed by atoms with van der Waals surface area (Å²) in [6.45, 7) is 8.61. The quantitative estimate of drug-likeness (QED) is 0.610. The summed E-state index contributed by atoms with van der Waals surface area (Å²) in [5.74, 6) is 0. The molecule has 3 N–H and O–H groups in total. The van der Waals surface area contributed by atoms with Crippen molar-refractivity contribution >= 4 is 0 Å². The number of hydrogen-bond donors (Lipinski definition) is 3. The van der Waals surface area contributed by atoms with Gasteiger partial charge >= 0.3 is 29.5 Å². The van der Waals surface area contributed by atoms with Crippen molar-refractivity contribution in [2.45, 2.75) is 39.8 Å². The molecule has 76 valence electrons. The van der Waals surface area contributed by atoms with Gasteiger partial charge < -0.3 is 5.32 Å². The summed E-state index contributed by atoms with van der Waals surface area (Å²) in [5, 5.41) is 3.31. The molecule has 0 atom stereocenters. The maximum absolute atomic E-state index is 8.82. The Kier molecular flexibility index (Phi) is 7.90. The number of hydrogen-bond acceptors (Lipinski definition) is 3. The molecule has 0 aromatic heterocycles. The molecule has 6 heteroatoms. The van der Waals surface area contributed by atoms with Crippen molar-refractivity contribution in [3.63, 3.8) is 0 Å². The Morgan fingerprint density at radius 2 is 1.17 bits per heavy atom. The SMILES string of the molecule is CC(C)NC(C)C.[O]=[Cr](=[O])([OH])[OH]. The molecular formula is C6H17CrNO4. The van der Waals surface area contributed by atoms with E-state index in [4.69, 9.17) is 15.9 Å². The van der Waals surface area contributed by atoms with Crippen LogP contribution in [0.2, 0.25) is 0 Å². The van der Waals surface area contributed by atoms with E-state index >= 15 is 0 Å². The van der Waals surface area contributed by atoms with Gasteiger partial charge in [0.1, 0.15) is 0 Å². The average molecular weight is 219 g/mol. The molecule has 0 fully saturated rings. The van der Waals surface area contributed by atoms with E-state index in [1.54, 1.807) is 0 Å². The Balaban J connectivity index is 0. The fourth-order valence-electron chi connectivity index (χ4n) is 0.667. The van der Waals surface area contributed by atoms with Gasteiger partial charge in [-0.15, -0.1) is 0 Å². The molecule has 5 nitrogen and oxygen atoms in total. The van der Waals surface area contributed by atoms with Crippen LogP contribution in [-0.4, -0.2) is 20.4 Å². The van der Waals surface area contributed by atoms with Crippen molar-refractivity contribution in [1.29, 1.82) is 0 Å². The van der Waals surface area contributed by atoms with Gasteiger partial charge in [0.25, 0.3) is 0 Å². The van der Waals surface area contributed by atoms with Crippen molar-refractivity contribution in [1.82, 2.24) is 5.32 Å². The van der Waals surface area contributed by atoms with E-state index in [1.807, 2.05) is 0 Å². The molecule has 0 aromatic rings. The third-order valence-electron chi connectivity index (χ3n) is 0.667. The van der Waals surface area contributed by atoms with Crippen LogP contribution < -0.4 is 5.32 Å². The summed E-state index contributed by atoms with van der Waals surface area (Å²) in [6.07, 6.45) is 0. The fraction of sp³-hybridized carbons (Fsp3) is 1.00. The third-order valence-corrected chi connectivity index (χ3v) is 0.667. The summed E-state index contributed by atoms with van der Waals surface area (Å²) in [5.41, 5.74) is 0. The molecule has 0 saturated heterocycles. The first-order chi connectivity index (χ1) is 5.13. The first-order valence-electron chi connectivity index (χ1n) is 3.59. The monoisotopic (exact) mass is 219 g/mol. The van der Waals surface area contributed by atoms with E-state index in [9.17, 15) is 0 Å². The summed E-state index contributed by atoms with van der Waals surface area (Å²) < 4.78 is 31.9. The standard InChI is InChI=1S/C6H15N.Cr.2H2O.2O/c1-5(2)7-6(3)4;;;;;/h5-7H,1-4H3;;2*1H2;;/q;+2;;;;/p-2. The van der Waals surface area contributed by atoms with Gasteiger partial charge in [-0.05, 0) is 0 Å². The molecule has 0 unspecified atom stereocenters. The van der Waals surface area contributed by atoms with Gasteiger partial charge in [0.05, 0.1) is 0 Å². The summed E-state index contributed by atoms with van der Waals surface area (Å²) >= 11 is -5.25. The fourth-order valence-corrected chi connectivity index (χ4v) is 0.667. The Morgan fingerprint density at radius 1 is 1.00 bits per heavy atom. The van der Waals surface area contributed by atoms with Crippen LogP contribution in [0.15, 0.2) is 0 Å². The van der Waals surface area contributed by atoms with Gasteiger partial charge in [-0.25, -0.2) is 0 Å². The topological polar surface area (TPSA) is 86.6 Å². The van der Waals surface area contributed by atoms with Gasteiger partial charge in [0, 0.05) is 12.1 Å². The van der Waals surface area contributed by atoms with Gasteiger partial charge in [-0.3, -0.25) is 0 Å². The molecule has 12 heavy (non-hydrogen) atoms. The predicted octanol–water partition coefficient (Wildman–Crippen LogP) is 0.0387. The molecule has 0 saturated carbocycles. The molecule has 0 aromatic carbocycles. The molecule has 0 spiro atoms. The van der Waals surface area contributed by atoms with Crippen LogP contribution in [0.3, 0.4) is 0 Å². The molecule has 0 aliphatic rings. The van der Waals surface area contributed by atoms with Crippen molar-refractivity contribution in [3.05, 3.63) is 0 Å². The second kappa shape index (κ2) is 6.52. The molecule has 0 aliphatic carbocycles. The van der Waals surface area contributed by atoms with E-state index in [1.165, 1.54) is 0 Å². The maximum atomic E-state index is 8.82.